The van der Waals surface area contributed by atoms with Crippen LogP contribution in [0.3, 0.4) is 0 Å². The summed E-state index contributed by atoms with van der Waals surface area (Å²) < 4.78 is 0. The minimum absolute atomic E-state index is 0.198. The fraction of sp³-hybridized carbons (Fsp3) is 0. The lowest BCUT2D eigenvalue weighted by Gasteiger charge is -1.97. The van der Waals surface area contributed by atoms with Gasteiger partial charge in [-0.2, -0.15) is 4.98 Å². The summed E-state index contributed by atoms with van der Waals surface area (Å²) in [6.07, 6.45) is 0. The number of halogens is 1. The second-order valence-corrected chi connectivity index (χ2v) is 3.04. The van der Waals surface area contributed by atoms with Crippen molar-refractivity contribution in [1.82, 2.24) is 19.9 Å². The van der Waals surface area contributed by atoms with E-state index in [-0.39, 0.29) is 11.2 Å². The number of nitro groups is 1. The molecule has 0 atom stereocenters. The van der Waals surface area contributed by atoms with E-state index in [9.17, 15) is 19.7 Å². The third-order valence-corrected chi connectivity index (χ3v) is 1.88. The molecule has 0 fully saturated rings. The summed E-state index contributed by atoms with van der Waals surface area (Å²) in [7, 11) is 0. The van der Waals surface area contributed by atoms with Gasteiger partial charge in [-0.05, 0) is 21.5 Å². The Morgan fingerprint density at radius 3 is 2.44 bits per heavy atom. The number of nitrogens with zero attached hydrogens (tertiary/aromatic N) is 3. The molecule has 2 rings (SSSR count). The Kier molecular flexibility index (Phi) is 2.16. The van der Waals surface area contributed by atoms with E-state index in [4.69, 9.17) is 11.6 Å². The van der Waals surface area contributed by atoms with Crippen molar-refractivity contribution < 1.29 is 4.92 Å². The monoisotopic (exact) mass is 243 g/mol. The normalized spacial score (nSPS) is 10.6. The average Bonchev–Trinajstić information content (AvgIpc) is 2.19. The molecule has 2 aromatic heterocycles. The Morgan fingerprint density at radius 2 is 1.81 bits per heavy atom. The highest BCUT2D eigenvalue weighted by Gasteiger charge is 2.19. The Hall–Kier alpha value is -2.29. The van der Waals surface area contributed by atoms with Crippen molar-refractivity contribution in [1.29, 1.82) is 0 Å². The van der Waals surface area contributed by atoms with Gasteiger partial charge in [-0.3, -0.25) is 9.59 Å². The standard InChI is InChI=1S/C6H2ClN5O4/c7-6-10-2-1(3(11-6)12(15)16)8-4(13)5(14)9-2/h(H,8,13)(H,9,10,11,14). The van der Waals surface area contributed by atoms with E-state index in [0.717, 1.165) is 0 Å². The second-order valence-electron chi connectivity index (χ2n) is 2.71. The molecular formula is C6H2ClN5O4. The number of nitrogens with one attached hydrogen (secondary N) is 2. The largest absolute Gasteiger partial charge is 0.394 e. The quantitative estimate of drug-likeness (QED) is 0.302. The summed E-state index contributed by atoms with van der Waals surface area (Å²) >= 11 is 5.42. The molecule has 0 saturated heterocycles. The minimum atomic E-state index is -1.03. The van der Waals surface area contributed by atoms with Gasteiger partial charge in [-0.25, -0.2) is 0 Å². The lowest BCUT2D eigenvalue weighted by Crippen LogP contribution is -2.29. The van der Waals surface area contributed by atoms with Crippen LogP contribution in [0.1, 0.15) is 0 Å². The van der Waals surface area contributed by atoms with Crippen LogP contribution in [0.5, 0.6) is 0 Å². The highest BCUT2D eigenvalue weighted by atomic mass is 35.5. The Labute approximate surface area is 90.3 Å². The molecule has 0 aliphatic heterocycles. The van der Waals surface area contributed by atoms with Crippen molar-refractivity contribution in [3.05, 3.63) is 36.1 Å². The van der Waals surface area contributed by atoms with Gasteiger partial charge in [0.2, 0.25) is 0 Å². The number of fused-ring (bicyclic) bond motifs is 1. The smallest absolute Gasteiger partial charge is 0.358 e. The number of H-pyrrole nitrogens is 2. The summed E-state index contributed by atoms with van der Waals surface area (Å²) in [5.41, 5.74) is -2.48. The lowest BCUT2D eigenvalue weighted by molar-refractivity contribution is -0.387. The topological polar surface area (TPSA) is 135 Å². The highest BCUT2D eigenvalue weighted by molar-refractivity contribution is 6.28. The molecule has 0 aliphatic rings. The number of rotatable bonds is 1. The Morgan fingerprint density at radius 1 is 1.19 bits per heavy atom. The predicted molar refractivity (Wildman–Crippen MR) is 52.4 cm³/mol. The number of hydrogen-bond acceptors (Lipinski definition) is 6. The first-order valence-electron chi connectivity index (χ1n) is 3.83. The van der Waals surface area contributed by atoms with E-state index in [2.05, 4.69) is 15.0 Å². The van der Waals surface area contributed by atoms with Crippen molar-refractivity contribution in [2.24, 2.45) is 0 Å². The first-order valence-corrected chi connectivity index (χ1v) is 4.21. The van der Waals surface area contributed by atoms with Gasteiger partial charge in [0.15, 0.2) is 11.2 Å². The number of aromatic nitrogens is 4. The molecule has 0 aromatic carbocycles. The maximum atomic E-state index is 11.0. The van der Waals surface area contributed by atoms with Crippen molar-refractivity contribution >= 4 is 28.6 Å². The molecule has 0 amide bonds. The second kappa shape index (κ2) is 3.38. The molecule has 2 N–H and O–H groups in total. The van der Waals surface area contributed by atoms with E-state index >= 15 is 0 Å². The van der Waals surface area contributed by atoms with Gasteiger partial charge in [0, 0.05) is 0 Å². The molecule has 0 bridgehead atoms. The first-order chi connectivity index (χ1) is 7.49. The zero-order valence-electron chi connectivity index (χ0n) is 7.35. The number of aromatic amines is 2. The van der Waals surface area contributed by atoms with Crippen LogP contribution in [0, 0.1) is 10.1 Å². The average molecular weight is 244 g/mol. The van der Waals surface area contributed by atoms with Crippen LogP contribution < -0.4 is 11.1 Å². The van der Waals surface area contributed by atoms with Gasteiger partial charge in [0.05, 0.1) is 0 Å². The molecule has 0 unspecified atom stereocenters. The SMILES string of the molecule is O=c1[nH]c2nc(Cl)nc([N+](=O)[O-])c2[nH]c1=O. The molecule has 0 spiro atoms. The third kappa shape index (κ3) is 1.52. The fourth-order valence-electron chi connectivity index (χ4n) is 1.09. The van der Waals surface area contributed by atoms with E-state index in [1.807, 2.05) is 4.98 Å². The lowest BCUT2D eigenvalue weighted by atomic mass is 10.5. The zero-order valence-corrected chi connectivity index (χ0v) is 8.11. The van der Waals surface area contributed by atoms with Crippen LogP contribution in [0.15, 0.2) is 9.59 Å². The highest BCUT2D eigenvalue weighted by Crippen LogP contribution is 2.18. The van der Waals surface area contributed by atoms with Crippen molar-refractivity contribution in [2.75, 3.05) is 0 Å². The first kappa shape index (κ1) is 10.2. The van der Waals surface area contributed by atoms with E-state index in [0.29, 0.717) is 0 Å². The summed E-state index contributed by atoms with van der Waals surface area (Å²) in [6, 6.07) is 0. The fourth-order valence-corrected chi connectivity index (χ4v) is 1.26. The molecule has 16 heavy (non-hydrogen) atoms. The Balaban J connectivity index is 3.02. The van der Waals surface area contributed by atoms with E-state index in [1.54, 1.807) is 0 Å². The molecule has 2 aromatic rings. The van der Waals surface area contributed by atoms with Gasteiger partial charge in [0.25, 0.3) is 0 Å². The van der Waals surface area contributed by atoms with Crippen molar-refractivity contribution in [2.45, 2.75) is 0 Å². The van der Waals surface area contributed by atoms with Crippen LogP contribution >= 0.6 is 11.6 Å². The van der Waals surface area contributed by atoms with Crippen LogP contribution in [-0.2, 0) is 0 Å². The van der Waals surface area contributed by atoms with Crippen molar-refractivity contribution in [3.63, 3.8) is 0 Å². The van der Waals surface area contributed by atoms with E-state index in [1.165, 1.54) is 0 Å². The summed E-state index contributed by atoms with van der Waals surface area (Å²) in [4.78, 5) is 42.6. The minimum Gasteiger partial charge on any atom is -0.358 e. The van der Waals surface area contributed by atoms with Gasteiger partial charge >= 0.3 is 22.2 Å². The third-order valence-electron chi connectivity index (χ3n) is 1.71. The van der Waals surface area contributed by atoms with E-state index < -0.39 is 27.1 Å². The maximum Gasteiger partial charge on any atom is 0.394 e. The van der Waals surface area contributed by atoms with Crippen LogP contribution in [0.2, 0.25) is 5.28 Å². The van der Waals surface area contributed by atoms with Crippen molar-refractivity contribution in [3.8, 4) is 0 Å². The van der Waals surface area contributed by atoms with Crippen LogP contribution in [-0.4, -0.2) is 24.9 Å². The molecule has 82 valence electrons. The molecule has 9 nitrogen and oxygen atoms in total. The summed E-state index contributed by atoms with van der Waals surface area (Å²) in [5, 5.41) is 10.2. The van der Waals surface area contributed by atoms with Gasteiger partial charge in [0.1, 0.15) is 0 Å². The molecule has 2 heterocycles. The number of hydrogen-bond donors (Lipinski definition) is 2. The molecule has 0 aliphatic carbocycles. The molecule has 10 heteroatoms. The van der Waals surface area contributed by atoms with Crippen LogP contribution in [0.25, 0.3) is 11.2 Å². The Bertz CT molecular complexity index is 704. The predicted octanol–water partition coefficient (Wildman–Crippen LogP) is -0.432. The summed E-state index contributed by atoms with van der Waals surface area (Å²) in [6.45, 7) is 0. The van der Waals surface area contributed by atoms with Gasteiger partial charge in [-0.1, -0.05) is 0 Å². The van der Waals surface area contributed by atoms with Gasteiger partial charge < -0.3 is 20.1 Å². The molecule has 0 radical (unpaired) electrons. The van der Waals surface area contributed by atoms with Crippen LogP contribution in [0.4, 0.5) is 5.82 Å². The summed E-state index contributed by atoms with van der Waals surface area (Å²) in [5.74, 6) is -0.677. The maximum absolute atomic E-state index is 11.0. The molecular weight excluding hydrogens is 242 g/mol. The molecule has 0 saturated carbocycles. The van der Waals surface area contributed by atoms with Gasteiger partial charge in [-0.15, -0.1) is 0 Å². The zero-order chi connectivity index (χ0) is 11.9.